The number of aromatic carboxylic acids is 1. The summed E-state index contributed by atoms with van der Waals surface area (Å²) in [4.78, 5) is 23.8. The van der Waals surface area contributed by atoms with Crippen LogP contribution in [-0.4, -0.2) is 24.1 Å². The average molecular weight is 430 g/mol. The molecular formula is C22H17Cl2NO4. The largest absolute Gasteiger partial charge is 0.497 e. The Labute approximate surface area is 177 Å². The molecule has 0 atom stereocenters. The van der Waals surface area contributed by atoms with Gasteiger partial charge in [0.25, 0.3) is 5.91 Å². The molecule has 1 amide bonds. The first kappa shape index (κ1) is 20.7. The predicted molar refractivity (Wildman–Crippen MR) is 113 cm³/mol. The van der Waals surface area contributed by atoms with E-state index >= 15 is 0 Å². The van der Waals surface area contributed by atoms with Gasteiger partial charge < -0.3 is 15.2 Å². The normalized spacial score (nSPS) is 10.4. The van der Waals surface area contributed by atoms with Crippen LogP contribution in [0.1, 0.15) is 26.3 Å². The molecule has 0 aliphatic rings. The van der Waals surface area contributed by atoms with E-state index in [2.05, 4.69) is 5.32 Å². The van der Waals surface area contributed by atoms with Gasteiger partial charge in [0.15, 0.2) is 0 Å². The minimum absolute atomic E-state index is 0.182. The van der Waals surface area contributed by atoms with Crippen LogP contribution in [0.25, 0.3) is 11.1 Å². The molecule has 0 radical (unpaired) electrons. The minimum atomic E-state index is -1.01. The van der Waals surface area contributed by atoms with Crippen LogP contribution in [0.2, 0.25) is 10.0 Å². The van der Waals surface area contributed by atoms with Gasteiger partial charge in [-0.25, -0.2) is 4.79 Å². The van der Waals surface area contributed by atoms with Crippen molar-refractivity contribution in [2.75, 3.05) is 7.11 Å². The van der Waals surface area contributed by atoms with Gasteiger partial charge in [-0.15, -0.1) is 0 Å². The molecule has 3 rings (SSSR count). The number of carbonyl (C=O) groups excluding carboxylic acids is 1. The molecule has 0 aromatic heterocycles. The highest BCUT2D eigenvalue weighted by atomic mass is 35.5. The number of hydrogen-bond acceptors (Lipinski definition) is 3. The first-order valence-electron chi connectivity index (χ1n) is 8.63. The summed E-state index contributed by atoms with van der Waals surface area (Å²) in [6.45, 7) is 0.196. The molecule has 2 N–H and O–H groups in total. The van der Waals surface area contributed by atoms with Crippen LogP contribution in [-0.2, 0) is 6.54 Å². The zero-order chi connectivity index (χ0) is 21.0. The summed E-state index contributed by atoms with van der Waals surface area (Å²) in [5, 5.41) is 12.8. The molecule has 0 aliphatic carbocycles. The highest BCUT2D eigenvalue weighted by Crippen LogP contribution is 2.28. The summed E-state index contributed by atoms with van der Waals surface area (Å²) < 4.78 is 5.29. The average Bonchev–Trinajstić information content (AvgIpc) is 2.71. The Morgan fingerprint density at radius 1 is 1.03 bits per heavy atom. The van der Waals surface area contributed by atoms with Crippen molar-refractivity contribution in [2.24, 2.45) is 0 Å². The number of amides is 1. The maximum Gasteiger partial charge on any atom is 0.335 e. The number of carboxylic acids is 1. The first-order chi connectivity index (χ1) is 13.9. The topological polar surface area (TPSA) is 75.6 Å². The lowest BCUT2D eigenvalue weighted by atomic mass is 9.97. The third kappa shape index (κ3) is 4.88. The molecule has 148 valence electrons. The fourth-order valence-electron chi connectivity index (χ4n) is 2.89. The summed E-state index contributed by atoms with van der Waals surface area (Å²) in [5.74, 6) is -0.732. The second kappa shape index (κ2) is 8.99. The van der Waals surface area contributed by atoms with E-state index < -0.39 is 5.97 Å². The van der Waals surface area contributed by atoms with E-state index in [0.29, 0.717) is 16.3 Å². The van der Waals surface area contributed by atoms with Crippen molar-refractivity contribution in [1.82, 2.24) is 5.32 Å². The van der Waals surface area contributed by atoms with Gasteiger partial charge in [-0.2, -0.15) is 0 Å². The highest BCUT2D eigenvalue weighted by molar-refractivity contribution is 6.36. The molecule has 0 saturated carbocycles. The van der Waals surface area contributed by atoms with Gasteiger partial charge in [0.05, 0.1) is 23.3 Å². The fraction of sp³-hybridized carbons (Fsp3) is 0.0909. The maximum atomic E-state index is 12.5. The third-order valence-corrected chi connectivity index (χ3v) is 4.90. The van der Waals surface area contributed by atoms with Crippen molar-refractivity contribution in [3.05, 3.63) is 87.4 Å². The maximum absolute atomic E-state index is 12.5. The first-order valence-corrected chi connectivity index (χ1v) is 9.38. The lowest BCUT2D eigenvalue weighted by Crippen LogP contribution is -2.23. The lowest BCUT2D eigenvalue weighted by Gasteiger charge is -2.14. The van der Waals surface area contributed by atoms with Gasteiger partial charge in [-0.3, -0.25) is 4.79 Å². The number of nitrogens with one attached hydrogen (secondary N) is 1. The molecule has 5 nitrogen and oxygen atoms in total. The molecule has 29 heavy (non-hydrogen) atoms. The molecule has 3 aromatic carbocycles. The predicted octanol–water partition coefficient (Wildman–Crippen LogP) is 5.30. The lowest BCUT2D eigenvalue weighted by molar-refractivity contribution is 0.0696. The highest BCUT2D eigenvalue weighted by Gasteiger charge is 2.14. The number of benzene rings is 3. The molecule has 0 bridgehead atoms. The fourth-order valence-corrected chi connectivity index (χ4v) is 3.38. The number of carbonyl (C=O) groups is 2. The molecule has 0 unspecified atom stereocenters. The van der Waals surface area contributed by atoms with Crippen LogP contribution >= 0.6 is 23.2 Å². The van der Waals surface area contributed by atoms with Crippen LogP contribution in [0.3, 0.4) is 0 Å². The smallest absolute Gasteiger partial charge is 0.335 e. The minimum Gasteiger partial charge on any atom is -0.497 e. The molecule has 3 aromatic rings. The zero-order valence-corrected chi connectivity index (χ0v) is 16.9. The van der Waals surface area contributed by atoms with E-state index in [9.17, 15) is 14.7 Å². The molecule has 0 fully saturated rings. The Balaban J connectivity index is 1.91. The van der Waals surface area contributed by atoms with Gasteiger partial charge in [0.2, 0.25) is 0 Å². The van der Waals surface area contributed by atoms with Crippen LogP contribution < -0.4 is 10.1 Å². The van der Waals surface area contributed by atoms with Crippen molar-refractivity contribution < 1.29 is 19.4 Å². The van der Waals surface area contributed by atoms with E-state index in [1.807, 2.05) is 12.1 Å². The Hall–Kier alpha value is -3.02. The number of hydrogen-bond donors (Lipinski definition) is 2. The van der Waals surface area contributed by atoms with Crippen LogP contribution in [0.4, 0.5) is 0 Å². The molecule has 0 spiro atoms. The summed E-state index contributed by atoms with van der Waals surface area (Å²) in [5.41, 5.74) is 2.78. The van der Waals surface area contributed by atoms with E-state index in [4.69, 9.17) is 27.9 Å². The Kier molecular flexibility index (Phi) is 6.42. The SMILES string of the molecule is COc1ccc(-c2cccc(C(=O)O)c2)c(CNC(=O)c2ccc(Cl)cc2Cl)c1. The number of carboxylic acid groups (broad SMARTS) is 1. The van der Waals surface area contributed by atoms with Gasteiger partial charge in [0, 0.05) is 11.6 Å². The van der Waals surface area contributed by atoms with Crippen molar-refractivity contribution in [3.8, 4) is 16.9 Å². The van der Waals surface area contributed by atoms with E-state index in [-0.39, 0.29) is 23.0 Å². The quantitative estimate of drug-likeness (QED) is 0.557. The molecule has 7 heteroatoms. The number of methoxy groups -OCH3 is 1. The van der Waals surface area contributed by atoms with Crippen LogP contribution in [0, 0.1) is 0 Å². The number of rotatable bonds is 6. The number of halogens is 2. The summed E-state index contributed by atoms with van der Waals surface area (Å²) in [6, 6.07) is 16.7. The second-order valence-corrected chi connectivity index (χ2v) is 7.06. The zero-order valence-electron chi connectivity index (χ0n) is 15.4. The summed E-state index contributed by atoms with van der Waals surface area (Å²) in [7, 11) is 1.55. The Morgan fingerprint density at radius 3 is 2.52 bits per heavy atom. The monoisotopic (exact) mass is 429 g/mol. The van der Waals surface area contributed by atoms with E-state index in [0.717, 1.165) is 16.7 Å². The standard InChI is InChI=1S/C22H17Cl2NO4/c1-29-17-6-8-18(13-3-2-4-14(9-13)22(27)28)15(10-17)12-25-21(26)19-7-5-16(23)11-20(19)24/h2-11H,12H2,1H3,(H,25,26)(H,27,28). The van der Waals surface area contributed by atoms with Crippen molar-refractivity contribution in [1.29, 1.82) is 0 Å². The molecule has 0 aliphatic heterocycles. The van der Waals surface area contributed by atoms with Crippen LogP contribution in [0.15, 0.2) is 60.7 Å². The molecule has 0 saturated heterocycles. The summed E-state index contributed by atoms with van der Waals surface area (Å²) >= 11 is 12.0. The van der Waals surface area contributed by atoms with Crippen molar-refractivity contribution >= 4 is 35.1 Å². The number of ether oxygens (including phenoxy) is 1. The van der Waals surface area contributed by atoms with Crippen LogP contribution in [0.5, 0.6) is 5.75 Å². The van der Waals surface area contributed by atoms with Crippen molar-refractivity contribution in [3.63, 3.8) is 0 Å². The second-order valence-electron chi connectivity index (χ2n) is 6.22. The van der Waals surface area contributed by atoms with E-state index in [1.54, 1.807) is 43.5 Å². The third-order valence-electron chi connectivity index (χ3n) is 4.35. The Morgan fingerprint density at radius 2 is 1.83 bits per heavy atom. The summed E-state index contributed by atoms with van der Waals surface area (Å²) in [6.07, 6.45) is 0. The van der Waals surface area contributed by atoms with E-state index in [1.165, 1.54) is 12.1 Å². The Bertz CT molecular complexity index is 1080. The molecular weight excluding hydrogens is 413 g/mol. The van der Waals surface area contributed by atoms with Gasteiger partial charge in [-0.05, 0) is 59.2 Å². The molecule has 0 heterocycles. The van der Waals surface area contributed by atoms with Crippen molar-refractivity contribution in [2.45, 2.75) is 6.54 Å². The van der Waals surface area contributed by atoms with Gasteiger partial charge in [0.1, 0.15) is 5.75 Å². The van der Waals surface area contributed by atoms with Gasteiger partial charge >= 0.3 is 5.97 Å². The van der Waals surface area contributed by atoms with Gasteiger partial charge in [-0.1, -0.05) is 41.4 Å².